The molecule has 2 nitrogen and oxygen atoms in total. The zero-order valence-electron chi connectivity index (χ0n) is 9.62. The number of nitrogens with zero attached hydrogens (tertiary/aromatic N) is 1. The summed E-state index contributed by atoms with van der Waals surface area (Å²) in [5.74, 6) is 1.30. The van der Waals surface area contributed by atoms with Crippen molar-refractivity contribution in [2.75, 3.05) is 0 Å². The molecule has 1 aromatic heterocycles. The van der Waals surface area contributed by atoms with E-state index in [1.165, 1.54) is 5.56 Å². The van der Waals surface area contributed by atoms with Crippen LogP contribution in [0.15, 0.2) is 34.9 Å². The highest BCUT2D eigenvalue weighted by Crippen LogP contribution is 2.30. The predicted octanol–water partition coefficient (Wildman–Crippen LogP) is 4.12. The molecule has 0 saturated heterocycles. The highest BCUT2D eigenvalue weighted by Gasteiger charge is 2.22. The van der Waals surface area contributed by atoms with Crippen LogP contribution >= 0.6 is 11.6 Å². The van der Waals surface area contributed by atoms with E-state index in [1.807, 2.05) is 45.0 Å². The van der Waals surface area contributed by atoms with Gasteiger partial charge in [0, 0.05) is 5.56 Å². The van der Waals surface area contributed by atoms with Gasteiger partial charge in [-0.2, -0.15) is 0 Å². The summed E-state index contributed by atoms with van der Waals surface area (Å²) in [6, 6.07) is 8.05. The van der Waals surface area contributed by atoms with E-state index >= 15 is 0 Å². The van der Waals surface area contributed by atoms with Gasteiger partial charge < -0.3 is 4.42 Å². The van der Waals surface area contributed by atoms with Crippen LogP contribution in [0, 0.1) is 6.92 Å². The van der Waals surface area contributed by atoms with Gasteiger partial charge in [0.15, 0.2) is 0 Å². The molecule has 0 N–H and O–H groups in total. The summed E-state index contributed by atoms with van der Waals surface area (Å²) in [6.45, 7) is 5.81. The van der Waals surface area contributed by atoms with Gasteiger partial charge in [-0.15, -0.1) is 11.6 Å². The fourth-order valence-electron chi connectivity index (χ4n) is 1.38. The lowest BCUT2D eigenvalue weighted by molar-refractivity contribution is 0.472. The number of rotatable bonds is 2. The first-order chi connectivity index (χ1) is 7.47. The third-order valence-electron chi connectivity index (χ3n) is 2.39. The Balaban J connectivity index is 2.35. The normalized spacial score (nSPS) is 11.8. The molecule has 3 heteroatoms. The highest BCUT2D eigenvalue weighted by atomic mass is 35.5. The minimum atomic E-state index is -0.518. The van der Waals surface area contributed by atoms with Crippen LogP contribution in [-0.2, 0) is 4.87 Å². The summed E-state index contributed by atoms with van der Waals surface area (Å²) in [4.78, 5) is 3.71. The first-order valence-corrected chi connectivity index (χ1v) is 5.57. The second-order valence-electron chi connectivity index (χ2n) is 4.37. The molecule has 0 bridgehead atoms. The smallest absolute Gasteiger partial charge is 0.226 e. The molecule has 1 heterocycles. The number of oxazole rings is 1. The number of aryl methyl sites for hydroxylation is 1. The summed E-state index contributed by atoms with van der Waals surface area (Å²) < 4.78 is 5.63. The Morgan fingerprint density at radius 2 is 1.81 bits per heavy atom. The van der Waals surface area contributed by atoms with Crippen LogP contribution in [-0.4, -0.2) is 4.98 Å². The van der Waals surface area contributed by atoms with E-state index in [0.717, 1.165) is 5.56 Å². The van der Waals surface area contributed by atoms with Crippen LogP contribution in [0.1, 0.15) is 25.2 Å². The average molecular weight is 236 g/mol. The maximum absolute atomic E-state index is 6.15. The van der Waals surface area contributed by atoms with Crippen molar-refractivity contribution < 1.29 is 4.42 Å². The Bertz CT molecular complexity index is 479. The lowest BCUT2D eigenvalue weighted by Crippen LogP contribution is -2.04. The molecule has 0 fully saturated rings. The zero-order chi connectivity index (χ0) is 11.8. The largest absolute Gasteiger partial charge is 0.439 e. The quantitative estimate of drug-likeness (QED) is 0.732. The number of benzene rings is 1. The molecule has 2 aromatic rings. The van der Waals surface area contributed by atoms with Crippen LogP contribution in [0.4, 0.5) is 0 Å². The fraction of sp³-hybridized carbons (Fsp3) is 0.308. The van der Waals surface area contributed by atoms with E-state index in [4.69, 9.17) is 16.0 Å². The highest BCUT2D eigenvalue weighted by molar-refractivity contribution is 6.23. The lowest BCUT2D eigenvalue weighted by atomic mass is 10.1. The molecule has 0 aliphatic rings. The summed E-state index contributed by atoms with van der Waals surface area (Å²) in [5.41, 5.74) is 2.19. The van der Waals surface area contributed by atoms with Crippen molar-refractivity contribution >= 4 is 11.6 Å². The third kappa shape index (κ3) is 2.27. The van der Waals surface area contributed by atoms with Crippen molar-refractivity contribution in [1.29, 1.82) is 0 Å². The van der Waals surface area contributed by atoms with Crippen molar-refractivity contribution in [2.45, 2.75) is 25.6 Å². The SMILES string of the molecule is Cc1ccc(-c2ncc(C(C)(C)Cl)o2)cc1. The third-order valence-corrected chi connectivity index (χ3v) is 2.58. The Kier molecular flexibility index (Phi) is 2.76. The monoisotopic (exact) mass is 235 g/mol. The number of halogens is 1. The summed E-state index contributed by atoms with van der Waals surface area (Å²) in [5, 5.41) is 0. The Morgan fingerprint density at radius 3 is 2.31 bits per heavy atom. The number of alkyl halides is 1. The summed E-state index contributed by atoms with van der Waals surface area (Å²) in [6.07, 6.45) is 1.68. The van der Waals surface area contributed by atoms with Gasteiger partial charge in [-0.3, -0.25) is 0 Å². The van der Waals surface area contributed by atoms with Crippen LogP contribution in [0.5, 0.6) is 0 Å². The molecule has 16 heavy (non-hydrogen) atoms. The van der Waals surface area contributed by atoms with Gasteiger partial charge in [0.1, 0.15) is 5.76 Å². The molecule has 0 atom stereocenters. The molecule has 0 aliphatic carbocycles. The van der Waals surface area contributed by atoms with E-state index in [9.17, 15) is 0 Å². The average Bonchev–Trinajstić information content (AvgIpc) is 2.67. The number of aromatic nitrogens is 1. The molecule has 0 saturated carbocycles. The summed E-state index contributed by atoms with van der Waals surface area (Å²) in [7, 11) is 0. The Hall–Kier alpha value is -1.28. The molecule has 0 aliphatic heterocycles. The molecule has 1 aromatic carbocycles. The minimum absolute atomic E-state index is 0.518. The van der Waals surface area contributed by atoms with Gasteiger partial charge >= 0.3 is 0 Å². The van der Waals surface area contributed by atoms with Crippen LogP contribution in [0.25, 0.3) is 11.5 Å². The van der Waals surface area contributed by atoms with E-state index < -0.39 is 4.87 Å². The first-order valence-electron chi connectivity index (χ1n) is 5.19. The van der Waals surface area contributed by atoms with E-state index in [2.05, 4.69) is 4.98 Å². The summed E-state index contributed by atoms with van der Waals surface area (Å²) >= 11 is 6.15. The number of hydrogen-bond donors (Lipinski definition) is 0. The molecule has 0 amide bonds. The van der Waals surface area contributed by atoms with E-state index in [-0.39, 0.29) is 0 Å². The maximum Gasteiger partial charge on any atom is 0.226 e. The van der Waals surface area contributed by atoms with Crippen LogP contribution in [0.2, 0.25) is 0 Å². The molecule has 2 rings (SSSR count). The number of hydrogen-bond acceptors (Lipinski definition) is 2. The molecule has 84 valence electrons. The van der Waals surface area contributed by atoms with Gasteiger partial charge in [0.25, 0.3) is 0 Å². The standard InChI is InChI=1S/C13H14ClNO/c1-9-4-6-10(7-5-9)12-15-8-11(16-12)13(2,3)14/h4-8H,1-3H3. The van der Waals surface area contributed by atoms with Crippen molar-refractivity contribution in [2.24, 2.45) is 0 Å². The van der Waals surface area contributed by atoms with Gasteiger partial charge in [0.05, 0.1) is 11.1 Å². The van der Waals surface area contributed by atoms with Crippen molar-refractivity contribution in [3.05, 3.63) is 41.8 Å². The molecule has 0 unspecified atom stereocenters. The van der Waals surface area contributed by atoms with Crippen LogP contribution in [0.3, 0.4) is 0 Å². The lowest BCUT2D eigenvalue weighted by Gasteiger charge is -2.10. The fourth-order valence-corrected chi connectivity index (χ4v) is 1.47. The van der Waals surface area contributed by atoms with Gasteiger partial charge in [0.2, 0.25) is 5.89 Å². The van der Waals surface area contributed by atoms with Gasteiger partial charge in [-0.1, -0.05) is 17.7 Å². The Morgan fingerprint density at radius 1 is 1.19 bits per heavy atom. The van der Waals surface area contributed by atoms with Crippen LogP contribution < -0.4 is 0 Å². The zero-order valence-corrected chi connectivity index (χ0v) is 10.4. The van der Waals surface area contributed by atoms with Gasteiger partial charge in [-0.25, -0.2) is 4.98 Å². The van der Waals surface area contributed by atoms with Gasteiger partial charge in [-0.05, 0) is 32.9 Å². The topological polar surface area (TPSA) is 26.0 Å². The molecule has 0 radical (unpaired) electrons. The predicted molar refractivity (Wildman–Crippen MR) is 65.6 cm³/mol. The van der Waals surface area contributed by atoms with Crippen molar-refractivity contribution in [3.63, 3.8) is 0 Å². The second-order valence-corrected chi connectivity index (χ2v) is 5.31. The van der Waals surface area contributed by atoms with Crippen molar-refractivity contribution in [3.8, 4) is 11.5 Å². The minimum Gasteiger partial charge on any atom is -0.439 e. The van der Waals surface area contributed by atoms with E-state index in [1.54, 1.807) is 6.20 Å². The second kappa shape index (κ2) is 3.95. The van der Waals surface area contributed by atoms with Crippen molar-refractivity contribution in [1.82, 2.24) is 4.98 Å². The first kappa shape index (κ1) is 11.2. The maximum atomic E-state index is 6.15. The molecule has 0 spiro atoms. The molecular weight excluding hydrogens is 222 g/mol. The molecular formula is C13H14ClNO. The Labute approximate surface area is 100 Å². The van der Waals surface area contributed by atoms with E-state index in [0.29, 0.717) is 11.7 Å².